The molecule has 1 N–H and O–H groups in total. The lowest BCUT2D eigenvalue weighted by molar-refractivity contribution is -0.385. The Morgan fingerprint density at radius 3 is 2.73 bits per heavy atom. The van der Waals surface area contributed by atoms with Crippen LogP contribution in [0.15, 0.2) is 52.4 Å². The lowest BCUT2D eigenvalue weighted by Gasteiger charge is -2.12. The number of benzene rings is 2. The van der Waals surface area contributed by atoms with E-state index in [0.29, 0.717) is 27.9 Å². The molecule has 30 heavy (non-hydrogen) atoms. The molecule has 1 aliphatic rings. The molecule has 0 aliphatic carbocycles. The number of methoxy groups -OCH3 is 1. The zero-order valence-corrected chi connectivity index (χ0v) is 16.9. The highest BCUT2D eigenvalue weighted by Gasteiger charge is 2.32. The lowest BCUT2D eigenvalue weighted by atomic mass is 10.1. The summed E-state index contributed by atoms with van der Waals surface area (Å²) in [6.45, 7) is 2.16. The van der Waals surface area contributed by atoms with Gasteiger partial charge in [-0.25, -0.2) is 9.79 Å². The molecule has 1 heterocycles. The van der Waals surface area contributed by atoms with Gasteiger partial charge >= 0.3 is 11.7 Å². The van der Waals surface area contributed by atoms with Gasteiger partial charge in [0.2, 0.25) is 0 Å². The molecule has 0 unspecified atom stereocenters. The molecule has 1 fully saturated rings. The summed E-state index contributed by atoms with van der Waals surface area (Å²) in [4.78, 5) is 40.8. The average molecular weight is 427 g/mol. The van der Waals surface area contributed by atoms with Gasteiger partial charge in [-0.2, -0.15) is 0 Å². The molecule has 2 aromatic carbocycles. The molecule has 1 aliphatic heterocycles. The SMILES string of the molecule is CCN1C(=O)/C(=C\c2ccc(OC)c([N+](=O)[O-])c2)SC1=Nc1cccc(C(=O)O)c1. The second-order valence-electron chi connectivity index (χ2n) is 6.10. The summed E-state index contributed by atoms with van der Waals surface area (Å²) in [7, 11) is 1.35. The number of likely N-dealkylation sites (N-methyl/N-ethyl adjacent to an activating group) is 1. The lowest BCUT2D eigenvalue weighted by Crippen LogP contribution is -2.28. The third kappa shape index (κ3) is 4.33. The van der Waals surface area contributed by atoms with Crippen molar-refractivity contribution in [1.29, 1.82) is 0 Å². The summed E-state index contributed by atoms with van der Waals surface area (Å²) in [6, 6.07) is 10.5. The Labute approximate surface area is 175 Å². The summed E-state index contributed by atoms with van der Waals surface area (Å²) in [5.74, 6) is -1.22. The molecular weight excluding hydrogens is 410 g/mol. The Morgan fingerprint density at radius 2 is 2.10 bits per heavy atom. The van der Waals surface area contributed by atoms with Crippen molar-refractivity contribution in [2.24, 2.45) is 4.99 Å². The van der Waals surface area contributed by atoms with E-state index in [1.54, 1.807) is 31.2 Å². The largest absolute Gasteiger partial charge is 0.490 e. The fourth-order valence-corrected chi connectivity index (χ4v) is 3.84. The number of amides is 1. The number of carbonyl (C=O) groups excluding carboxylic acids is 1. The van der Waals surface area contributed by atoms with Gasteiger partial charge in [-0.15, -0.1) is 0 Å². The van der Waals surface area contributed by atoms with Gasteiger partial charge in [0.1, 0.15) is 0 Å². The van der Waals surface area contributed by atoms with E-state index in [4.69, 9.17) is 9.84 Å². The van der Waals surface area contributed by atoms with Crippen molar-refractivity contribution in [2.75, 3.05) is 13.7 Å². The molecule has 1 saturated heterocycles. The van der Waals surface area contributed by atoms with Crippen LogP contribution in [0.3, 0.4) is 0 Å². The molecule has 10 heteroatoms. The van der Waals surface area contributed by atoms with Gasteiger partial charge in [0.25, 0.3) is 5.91 Å². The number of nitro groups is 1. The quantitative estimate of drug-likeness (QED) is 0.421. The van der Waals surface area contributed by atoms with Crippen LogP contribution in [-0.2, 0) is 4.79 Å². The van der Waals surface area contributed by atoms with Crippen LogP contribution >= 0.6 is 11.8 Å². The number of nitrogens with zero attached hydrogens (tertiary/aromatic N) is 3. The Bertz CT molecular complexity index is 1100. The topological polar surface area (TPSA) is 122 Å². The Balaban J connectivity index is 1.96. The van der Waals surface area contributed by atoms with Crippen LogP contribution in [0.5, 0.6) is 5.75 Å². The van der Waals surface area contributed by atoms with Gasteiger partial charge in [-0.3, -0.25) is 19.8 Å². The number of carboxylic acid groups (broad SMARTS) is 1. The van der Waals surface area contributed by atoms with E-state index in [-0.39, 0.29) is 22.9 Å². The van der Waals surface area contributed by atoms with Crippen LogP contribution in [0.4, 0.5) is 11.4 Å². The van der Waals surface area contributed by atoms with E-state index in [0.717, 1.165) is 11.8 Å². The van der Waals surface area contributed by atoms with Crippen molar-refractivity contribution in [3.8, 4) is 5.75 Å². The fraction of sp³-hybridized carbons (Fsp3) is 0.150. The van der Waals surface area contributed by atoms with E-state index >= 15 is 0 Å². The number of aliphatic imine (C=N–C) groups is 1. The molecule has 0 radical (unpaired) electrons. The molecule has 3 rings (SSSR count). The summed E-state index contributed by atoms with van der Waals surface area (Å²) < 4.78 is 4.99. The normalized spacial score (nSPS) is 16.3. The van der Waals surface area contributed by atoms with Crippen LogP contribution in [0.25, 0.3) is 6.08 Å². The summed E-state index contributed by atoms with van der Waals surface area (Å²) in [5.41, 5.74) is 0.776. The van der Waals surface area contributed by atoms with E-state index < -0.39 is 10.9 Å². The van der Waals surface area contributed by atoms with Crippen molar-refractivity contribution in [3.63, 3.8) is 0 Å². The molecule has 0 atom stereocenters. The monoisotopic (exact) mass is 427 g/mol. The fourth-order valence-electron chi connectivity index (χ4n) is 2.78. The predicted octanol–water partition coefficient (Wildman–Crippen LogP) is 3.93. The average Bonchev–Trinajstić information content (AvgIpc) is 3.01. The van der Waals surface area contributed by atoms with Crippen molar-refractivity contribution in [1.82, 2.24) is 4.90 Å². The first-order valence-corrected chi connectivity index (χ1v) is 9.61. The van der Waals surface area contributed by atoms with Crippen LogP contribution in [0, 0.1) is 10.1 Å². The van der Waals surface area contributed by atoms with Crippen LogP contribution in [0.1, 0.15) is 22.8 Å². The number of amidine groups is 1. The molecule has 0 bridgehead atoms. The molecule has 154 valence electrons. The first kappa shape index (κ1) is 21.1. The van der Waals surface area contributed by atoms with Crippen molar-refractivity contribution < 1.29 is 24.4 Å². The highest BCUT2D eigenvalue weighted by molar-refractivity contribution is 8.18. The zero-order chi connectivity index (χ0) is 21.8. The third-order valence-electron chi connectivity index (χ3n) is 4.22. The summed E-state index contributed by atoms with van der Waals surface area (Å²) >= 11 is 1.12. The molecule has 1 amide bonds. The second kappa shape index (κ2) is 8.78. The maximum Gasteiger partial charge on any atom is 0.335 e. The molecule has 0 aromatic heterocycles. The van der Waals surface area contributed by atoms with E-state index in [1.807, 2.05) is 0 Å². The smallest absolute Gasteiger partial charge is 0.335 e. The predicted molar refractivity (Wildman–Crippen MR) is 113 cm³/mol. The Kier molecular flexibility index (Phi) is 6.17. The summed E-state index contributed by atoms with van der Waals surface area (Å²) in [6.07, 6.45) is 1.55. The molecule has 0 saturated carbocycles. The molecule has 2 aromatic rings. The van der Waals surface area contributed by atoms with Gasteiger partial charge < -0.3 is 9.84 Å². The third-order valence-corrected chi connectivity index (χ3v) is 5.23. The highest BCUT2D eigenvalue weighted by Crippen LogP contribution is 2.35. The van der Waals surface area contributed by atoms with Gasteiger partial charge in [-0.05, 0) is 54.6 Å². The first-order valence-electron chi connectivity index (χ1n) is 8.80. The van der Waals surface area contributed by atoms with Crippen LogP contribution in [-0.4, -0.2) is 45.6 Å². The van der Waals surface area contributed by atoms with Gasteiger partial charge in [0.15, 0.2) is 10.9 Å². The van der Waals surface area contributed by atoms with E-state index in [9.17, 15) is 19.7 Å². The van der Waals surface area contributed by atoms with E-state index in [1.165, 1.54) is 36.3 Å². The number of rotatable bonds is 6. The molecule has 9 nitrogen and oxygen atoms in total. The number of carboxylic acids is 1. The van der Waals surface area contributed by atoms with Gasteiger partial charge in [-0.1, -0.05) is 12.1 Å². The van der Waals surface area contributed by atoms with Crippen LogP contribution in [0.2, 0.25) is 0 Å². The Hall–Kier alpha value is -3.66. The van der Waals surface area contributed by atoms with Crippen LogP contribution < -0.4 is 4.74 Å². The number of nitro benzene ring substituents is 1. The number of hydrogen-bond donors (Lipinski definition) is 1. The zero-order valence-electron chi connectivity index (χ0n) is 16.1. The minimum absolute atomic E-state index is 0.0931. The van der Waals surface area contributed by atoms with Gasteiger partial charge in [0.05, 0.1) is 28.2 Å². The summed E-state index contributed by atoms with van der Waals surface area (Å²) in [5, 5.41) is 20.8. The number of ether oxygens (including phenoxy) is 1. The first-order chi connectivity index (χ1) is 14.3. The molecule has 0 spiro atoms. The maximum atomic E-state index is 12.8. The number of thioether (sulfide) groups is 1. The number of aromatic carboxylic acids is 1. The second-order valence-corrected chi connectivity index (χ2v) is 7.11. The molecular formula is C20H17N3O6S. The van der Waals surface area contributed by atoms with E-state index in [2.05, 4.69) is 4.99 Å². The minimum atomic E-state index is -1.07. The van der Waals surface area contributed by atoms with Crippen molar-refractivity contribution >= 4 is 46.3 Å². The highest BCUT2D eigenvalue weighted by atomic mass is 32.2. The maximum absolute atomic E-state index is 12.8. The van der Waals surface area contributed by atoms with Crippen molar-refractivity contribution in [2.45, 2.75) is 6.92 Å². The standard InChI is InChI=1S/C20H17N3O6S/c1-3-22-18(24)17(10-12-7-8-16(29-2)15(9-12)23(27)28)30-20(22)21-14-6-4-5-13(11-14)19(25)26/h4-11H,3H2,1-2H3,(H,25,26)/b17-10+,21-20?. The minimum Gasteiger partial charge on any atom is -0.490 e. The number of carbonyl (C=O) groups is 2. The Morgan fingerprint density at radius 1 is 1.33 bits per heavy atom. The number of hydrogen-bond acceptors (Lipinski definition) is 7. The van der Waals surface area contributed by atoms with Gasteiger partial charge in [0, 0.05) is 12.6 Å². The van der Waals surface area contributed by atoms with Crippen molar-refractivity contribution in [3.05, 3.63) is 68.6 Å².